The number of halogens is 2. The van der Waals surface area contributed by atoms with E-state index in [0.29, 0.717) is 6.04 Å². The Morgan fingerprint density at radius 1 is 1.24 bits per heavy atom. The highest BCUT2D eigenvalue weighted by Crippen LogP contribution is 2.29. The van der Waals surface area contributed by atoms with Crippen molar-refractivity contribution in [1.82, 2.24) is 10.2 Å². The van der Waals surface area contributed by atoms with Gasteiger partial charge in [-0.25, -0.2) is 0 Å². The van der Waals surface area contributed by atoms with Gasteiger partial charge < -0.3 is 5.32 Å². The quantitative estimate of drug-likeness (QED) is 0.897. The van der Waals surface area contributed by atoms with Crippen LogP contribution in [0.2, 0.25) is 0 Å². The summed E-state index contributed by atoms with van der Waals surface area (Å²) in [6.07, 6.45) is 3.57. The second-order valence-electron chi connectivity index (χ2n) is 5.14. The average Bonchev–Trinajstić information content (AvgIpc) is 2.49. The number of hydrogen-bond acceptors (Lipinski definition) is 3. The van der Waals surface area contributed by atoms with Gasteiger partial charge in [0.1, 0.15) is 0 Å². The van der Waals surface area contributed by atoms with Crippen LogP contribution in [0.4, 0.5) is 0 Å². The predicted octanol–water partition coefficient (Wildman–Crippen LogP) is 3.54. The van der Waals surface area contributed by atoms with E-state index in [4.69, 9.17) is 0 Å². The summed E-state index contributed by atoms with van der Waals surface area (Å²) in [5, 5.41) is 12.7. The van der Waals surface area contributed by atoms with Gasteiger partial charge in [-0.15, -0.1) is 24.8 Å². The van der Waals surface area contributed by atoms with Crippen molar-refractivity contribution in [2.24, 2.45) is 0 Å². The fourth-order valence-electron chi connectivity index (χ4n) is 2.82. The van der Waals surface area contributed by atoms with Crippen molar-refractivity contribution in [1.29, 1.82) is 5.26 Å². The lowest BCUT2D eigenvalue weighted by atomic mass is 9.95. The molecule has 1 aromatic rings. The number of benzene rings is 1. The first-order valence-corrected chi connectivity index (χ1v) is 7.30. The number of nitrogens with one attached hydrogen (secondary N) is 1. The van der Waals surface area contributed by atoms with Crippen molar-refractivity contribution in [2.75, 3.05) is 26.2 Å². The van der Waals surface area contributed by atoms with Gasteiger partial charge >= 0.3 is 0 Å². The van der Waals surface area contributed by atoms with Crippen molar-refractivity contribution >= 4 is 24.8 Å². The van der Waals surface area contributed by atoms with E-state index in [1.807, 2.05) is 12.1 Å². The maximum absolute atomic E-state index is 9.31. The summed E-state index contributed by atoms with van der Waals surface area (Å²) in [5.74, 6) is 0. The average molecular weight is 330 g/mol. The lowest BCUT2D eigenvalue weighted by Gasteiger charge is -2.35. The molecule has 21 heavy (non-hydrogen) atoms. The smallest absolute Gasteiger partial charge is 0.0995 e. The molecular weight excluding hydrogens is 305 g/mol. The minimum atomic E-state index is 0. The molecule has 1 fully saturated rings. The molecule has 1 N–H and O–H groups in total. The lowest BCUT2D eigenvalue weighted by Crippen LogP contribution is -2.45. The third-order valence-corrected chi connectivity index (χ3v) is 3.86. The Balaban J connectivity index is 0.00000200. The molecule has 1 atom stereocenters. The molecule has 0 radical (unpaired) electrons. The summed E-state index contributed by atoms with van der Waals surface area (Å²) in [6.45, 7) is 6.49. The van der Waals surface area contributed by atoms with Gasteiger partial charge in [-0.3, -0.25) is 4.90 Å². The number of hydrogen-bond donors (Lipinski definition) is 1. The van der Waals surface area contributed by atoms with Crippen LogP contribution in [0.3, 0.4) is 0 Å². The first kappa shape index (κ1) is 20.2. The molecule has 3 nitrogen and oxygen atoms in total. The van der Waals surface area contributed by atoms with Crippen LogP contribution in [-0.2, 0) is 0 Å². The summed E-state index contributed by atoms with van der Waals surface area (Å²) in [5.41, 5.74) is 2.04. The van der Waals surface area contributed by atoms with Crippen LogP contribution in [0, 0.1) is 11.3 Å². The molecule has 1 aliphatic heterocycles. The zero-order valence-corrected chi connectivity index (χ0v) is 14.2. The van der Waals surface area contributed by atoms with Gasteiger partial charge in [0.25, 0.3) is 0 Å². The topological polar surface area (TPSA) is 39.1 Å². The zero-order valence-electron chi connectivity index (χ0n) is 12.5. The first-order chi connectivity index (χ1) is 9.36. The molecule has 1 aliphatic rings. The van der Waals surface area contributed by atoms with Gasteiger partial charge in [0.05, 0.1) is 11.6 Å². The number of rotatable bonds is 5. The Labute approximate surface area is 140 Å². The van der Waals surface area contributed by atoms with E-state index in [1.54, 1.807) is 0 Å². The summed E-state index contributed by atoms with van der Waals surface area (Å²) < 4.78 is 0. The molecule has 0 aromatic heterocycles. The molecule has 1 aromatic carbocycles. The molecule has 5 heteroatoms. The second kappa shape index (κ2) is 10.9. The Hall–Kier alpha value is -0.790. The Bertz CT molecular complexity index is 439. The molecule has 0 bridgehead atoms. The first-order valence-electron chi connectivity index (χ1n) is 7.30. The summed E-state index contributed by atoms with van der Waals surface area (Å²) in [4.78, 5) is 2.53. The van der Waals surface area contributed by atoms with Crippen molar-refractivity contribution in [3.63, 3.8) is 0 Å². The molecule has 0 amide bonds. The van der Waals surface area contributed by atoms with E-state index in [2.05, 4.69) is 35.3 Å². The number of nitriles is 1. The minimum absolute atomic E-state index is 0. The van der Waals surface area contributed by atoms with Gasteiger partial charge in [-0.2, -0.15) is 5.26 Å². The fraction of sp³-hybridized carbons (Fsp3) is 0.562. The standard InChI is InChI=1S/C16H23N3.2ClH/c1-2-3-8-16(19-11-9-18-10-12-19)15-7-5-4-6-14(15)13-17;;/h4-7,16,18H,2-3,8-12H2,1H3;2*1H/t16-;;/m1../s1. The van der Waals surface area contributed by atoms with Crippen LogP contribution < -0.4 is 5.32 Å². The molecule has 0 spiro atoms. The molecule has 118 valence electrons. The van der Waals surface area contributed by atoms with E-state index in [0.717, 1.165) is 38.2 Å². The monoisotopic (exact) mass is 329 g/mol. The summed E-state index contributed by atoms with van der Waals surface area (Å²) >= 11 is 0. The SMILES string of the molecule is CCCC[C@H](c1ccccc1C#N)N1CCNCC1.Cl.Cl. The highest BCUT2D eigenvalue weighted by Gasteiger charge is 2.23. The predicted molar refractivity (Wildman–Crippen MR) is 92.4 cm³/mol. The molecule has 1 heterocycles. The Morgan fingerprint density at radius 3 is 2.52 bits per heavy atom. The van der Waals surface area contributed by atoms with Crippen molar-refractivity contribution in [3.8, 4) is 6.07 Å². The third-order valence-electron chi connectivity index (χ3n) is 3.86. The van der Waals surface area contributed by atoms with Crippen molar-refractivity contribution < 1.29 is 0 Å². The molecule has 1 saturated heterocycles. The Kier molecular flexibility index (Phi) is 10.5. The van der Waals surface area contributed by atoms with E-state index in [1.165, 1.54) is 18.4 Å². The fourth-order valence-corrected chi connectivity index (χ4v) is 2.82. The minimum Gasteiger partial charge on any atom is -0.314 e. The van der Waals surface area contributed by atoms with E-state index in [9.17, 15) is 5.26 Å². The molecule has 2 rings (SSSR count). The molecule has 0 unspecified atom stereocenters. The van der Waals surface area contributed by atoms with Gasteiger partial charge in [-0.1, -0.05) is 38.0 Å². The number of piperazine rings is 1. The summed E-state index contributed by atoms with van der Waals surface area (Å²) in [7, 11) is 0. The Morgan fingerprint density at radius 2 is 1.90 bits per heavy atom. The number of nitrogens with zero attached hydrogens (tertiary/aromatic N) is 2. The van der Waals surface area contributed by atoms with E-state index < -0.39 is 0 Å². The van der Waals surface area contributed by atoms with Crippen molar-refractivity contribution in [3.05, 3.63) is 35.4 Å². The zero-order chi connectivity index (χ0) is 13.5. The normalized spacial score (nSPS) is 16.2. The van der Waals surface area contributed by atoms with Gasteiger partial charge in [0.15, 0.2) is 0 Å². The van der Waals surface area contributed by atoms with E-state index in [-0.39, 0.29) is 24.8 Å². The lowest BCUT2D eigenvalue weighted by molar-refractivity contribution is 0.163. The molecule has 0 aliphatic carbocycles. The van der Waals surface area contributed by atoms with Gasteiger partial charge in [0, 0.05) is 32.2 Å². The maximum atomic E-state index is 9.31. The van der Waals surface area contributed by atoms with Crippen LogP contribution in [-0.4, -0.2) is 31.1 Å². The molecular formula is C16H25Cl2N3. The third kappa shape index (κ3) is 5.48. The van der Waals surface area contributed by atoms with Crippen LogP contribution in [0.25, 0.3) is 0 Å². The second-order valence-corrected chi connectivity index (χ2v) is 5.14. The van der Waals surface area contributed by atoms with Crippen LogP contribution in [0.1, 0.15) is 43.4 Å². The van der Waals surface area contributed by atoms with Gasteiger partial charge in [-0.05, 0) is 18.1 Å². The van der Waals surface area contributed by atoms with E-state index >= 15 is 0 Å². The molecule has 0 saturated carbocycles. The highest BCUT2D eigenvalue weighted by atomic mass is 35.5. The van der Waals surface area contributed by atoms with Gasteiger partial charge in [0.2, 0.25) is 0 Å². The van der Waals surface area contributed by atoms with Crippen LogP contribution in [0.15, 0.2) is 24.3 Å². The maximum Gasteiger partial charge on any atom is 0.0995 e. The van der Waals surface area contributed by atoms with Crippen LogP contribution in [0.5, 0.6) is 0 Å². The largest absolute Gasteiger partial charge is 0.314 e. The number of unbranched alkanes of at least 4 members (excludes halogenated alkanes) is 1. The summed E-state index contributed by atoms with van der Waals surface area (Å²) in [6, 6.07) is 10.8. The highest BCUT2D eigenvalue weighted by molar-refractivity contribution is 5.85. The van der Waals surface area contributed by atoms with Crippen molar-refractivity contribution in [2.45, 2.75) is 32.2 Å². The van der Waals surface area contributed by atoms with Crippen LogP contribution >= 0.6 is 24.8 Å².